The smallest absolute Gasteiger partial charge is 0.196 e. The third-order valence-electron chi connectivity index (χ3n) is 3.10. The molecular formula is C14H14BrFN2O. The van der Waals surface area contributed by atoms with E-state index in [0.29, 0.717) is 23.3 Å². The van der Waals surface area contributed by atoms with E-state index in [1.54, 1.807) is 12.3 Å². The maximum absolute atomic E-state index is 13.2. The fourth-order valence-corrected chi connectivity index (χ4v) is 2.35. The summed E-state index contributed by atoms with van der Waals surface area (Å²) in [6.07, 6.45) is 4.94. The van der Waals surface area contributed by atoms with Gasteiger partial charge in [-0.3, -0.25) is 0 Å². The monoisotopic (exact) mass is 324 g/mol. The molecule has 1 saturated carbocycles. The van der Waals surface area contributed by atoms with E-state index in [2.05, 4.69) is 26.2 Å². The fourth-order valence-electron chi connectivity index (χ4n) is 1.91. The lowest BCUT2D eigenvalue weighted by Gasteiger charge is -2.01. The van der Waals surface area contributed by atoms with E-state index in [1.807, 2.05) is 0 Å². The Labute approximate surface area is 119 Å². The zero-order valence-corrected chi connectivity index (χ0v) is 11.9. The Morgan fingerprint density at radius 3 is 3.05 bits per heavy atom. The Kier molecular flexibility index (Phi) is 3.66. The number of rotatable bonds is 5. The van der Waals surface area contributed by atoms with Crippen LogP contribution in [-0.2, 0) is 6.42 Å². The Morgan fingerprint density at radius 1 is 1.42 bits per heavy atom. The predicted octanol–water partition coefficient (Wildman–Crippen LogP) is 3.54. The molecule has 1 aromatic heterocycles. The van der Waals surface area contributed by atoms with Crippen LogP contribution in [0.4, 0.5) is 4.39 Å². The highest BCUT2D eigenvalue weighted by Crippen LogP contribution is 2.29. The van der Waals surface area contributed by atoms with Crippen LogP contribution < -0.4 is 5.32 Å². The molecule has 3 rings (SSSR count). The number of benzene rings is 1. The van der Waals surface area contributed by atoms with Crippen molar-refractivity contribution in [3.63, 3.8) is 0 Å². The van der Waals surface area contributed by atoms with Crippen LogP contribution in [0.15, 0.2) is 33.3 Å². The van der Waals surface area contributed by atoms with Crippen molar-refractivity contribution in [2.45, 2.75) is 25.3 Å². The first-order valence-corrected chi connectivity index (χ1v) is 7.15. The van der Waals surface area contributed by atoms with Crippen molar-refractivity contribution in [1.29, 1.82) is 0 Å². The van der Waals surface area contributed by atoms with Gasteiger partial charge < -0.3 is 9.73 Å². The summed E-state index contributed by atoms with van der Waals surface area (Å²) in [6, 6.07) is 5.20. The zero-order chi connectivity index (χ0) is 13.2. The van der Waals surface area contributed by atoms with Gasteiger partial charge in [-0.1, -0.05) is 15.9 Å². The molecule has 0 amide bonds. The number of hydrogen-bond donors (Lipinski definition) is 1. The van der Waals surface area contributed by atoms with E-state index < -0.39 is 0 Å². The van der Waals surface area contributed by atoms with Crippen LogP contribution in [0.3, 0.4) is 0 Å². The summed E-state index contributed by atoms with van der Waals surface area (Å²) in [4.78, 5) is 4.23. The standard InChI is InChI=1S/C14H14BrFN2O/c15-12-4-1-9(16)7-11(12)13-8-18-14(19-13)5-6-17-10-2-3-10/h1,4,7-8,10,17H,2-3,5-6H2. The lowest BCUT2D eigenvalue weighted by Crippen LogP contribution is -2.19. The Hall–Kier alpha value is -1.20. The van der Waals surface area contributed by atoms with Gasteiger partial charge in [-0.05, 0) is 31.0 Å². The molecule has 19 heavy (non-hydrogen) atoms. The van der Waals surface area contributed by atoms with E-state index >= 15 is 0 Å². The number of halogens is 2. The van der Waals surface area contributed by atoms with Crippen LogP contribution in [0.2, 0.25) is 0 Å². The van der Waals surface area contributed by atoms with Crippen LogP contribution in [0, 0.1) is 5.82 Å². The second-order valence-corrected chi connectivity index (χ2v) is 5.58. The van der Waals surface area contributed by atoms with Crippen molar-refractivity contribution in [3.05, 3.63) is 40.6 Å². The van der Waals surface area contributed by atoms with Gasteiger partial charge in [0.25, 0.3) is 0 Å². The number of oxazole rings is 1. The van der Waals surface area contributed by atoms with Crippen LogP contribution in [0.25, 0.3) is 11.3 Å². The molecule has 3 nitrogen and oxygen atoms in total. The minimum Gasteiger partial charge on any atom is -0.441 e. The van der Waals surface area contributed by atoms with Crippen molar-refractivity contribution in [1.82, 2.24) is 10.3 Å². The molecule has 100 valence electrons. The van der Waals surface area contributed by atoms with Gasteiger partial charge in [0.1, 0.15) is 5.82 Å². The summed E-state index contributed by atoms with van der Waals surface area (Å²) in [5.41, 5.74) is 0.689. The van der Waals surface area contributed by atoms with E-state index in [-0.39, 0.29) is 5.82 Å². The Balaban J connectivity index is 1.70. The SMILES string of the molecule is Fc1ccc(Br)c(-c2cnc(CCNC3CC3)o2)c1. The van der Waals surface area contributed by atoms with Crippen LogP contribution >= 0.6 is 15.9 Å². The van der Waals surface area contributed by atoms with E-state index in [4.69, 9.17) is 4.42 Å². The lowest BCUT2D eigenvalue weighted by molar-refractivity contribution is 0.494. The summed E-state index contributed by atoms with van der Waals surface area (Å²) < 4.78 is 19.7. The highest BCUT2D eigenvalue weighted by atomic mass is 79.9. The second-order valence-electron chi connectivity index (χ2n) is 4.72. The first-order chi connectivity index (χ1) is 9.22. The maximum atomic E-state index is 13.2. The van der Waals surface area contributed by atoms with Crippen LogP contribution in [-0.4, -0.2) is 17.6 Å². The van der Waals surface area contributed by atoms with Crippen LogP contribution in [0.1, 0.15) is 18.7 Å². The largest absolute Gasteiger partial charge is 0.441 e. The van der Waals surface area contributed by atoms with Gasteiger partial charge in [-0.2, -0.15) is 0 Å². The molecule has 0 aliphatic heterocycles. The normalized spacial score (nSPS) is 14.8. The topological polar surface area (TPSA) is 38.1 Å². The van der Waals surface area contributed by atoms with E-state index in [1.165, 1.54) is 25.0 Å². The average Bonchev–Trinajstić information content (AvgIpc) is 3.10. The van der Waals surface area contributed by atoms with E-state index in [9.17, 15) is 4.39 Å². The molecule has 1 aliphatic rings. The molecule has 5 heteroatoms. The van der Waals surface area contributed by atoms with Gasteiger partial charge in [0.2, 0.25) is 0 Å². The molecule has 1 aromatic carbocycles. The highest BCUT2D eigenvalue weighted by Gasteiger charge is 2.20. The summed E-state index contributed by atoms with van der Waals surface area (Å²) >= 11 is 3.39. The first-order valence-electron chi connectivity index (χ1n) is 6.36. The van der Waals surface area contributed by atoms with Crippen molar-refractivity contribution < 1.29 is 8.81 Å². The molecule has 1 aliphatic carbocycles. The molecule has 0 saturated heterocycles. The van der Waals surface area contributed by atoms with Crippen molar-refractivity contribution in [2.24, 2.45) is 0 Å². The number of nitrogens with zero attached hydrogens (tertiary/aromatic N) is 1. The Morgan fingerprint density at radius 2 is 2.26 bits per heavy atom. The summed E-state index contributed by atoms with van der Waals surface area (Å²) in [6.45, 7) is 0.870. The van der Waals surface area contributed by atoms with Gasteiger partial charge in [-0.15, -0.1) is 0 Å². The van der Waals surface area contributed by atoms with Crippen molar-refractivity contribution in [3.8, 4) is 11.3 Å². The Bertz CT molecular complexity index is 581. The molecule has 1 heterocycles. The predicted molar refractivity (Wildman–Crippen MR) is 74.3 cm³/mol. The van der Waals surface area contributed by atoms with Gasteiger partial charge >= 0.3 is 0 Å². The molecule has 1 fully saturated rings. The zero-order valence-electron chi connectivity index (χ0n) is 10.3. The number of nitrogens with one attached hydrogen (secondary N) is 1. The molecule has 1 N–H and O–H groups in total. The van der Waals surface area contributed by atoms with Gasteiger partial charge in [-0.25, -0.2) is 9.37 Å². The molecule has 2 aromatic rings. The minimum atomic E-state index is -0.286. The third kappa shape index (κ3) is 3.22. The van der Waals surface area contributed by atoms with Crippen molar-refractivity contribution in [2.75, 3.05) is 6.54 Å². The van der Waals surface area contributed by atoms with E-state index in [0.717, 1.165) is 17.4 Å². The average molecular weight is 325 g/mol. The van der Waals surface area contributed by atoms with Crippen LogP contribution in [0.5, 0.6) is 0 Å². The fraction of sp³-hybridized carbons (Fsp3) is 0.357. The first kappa shape index (κ1) is 12.8. The summed E-state index contributed by atoms with van der Waals surface area (Å²) in [5.74, 6) is 0.985. The van der Waals surface area contributed by atoms with Gasteiger partial charge in [0.05, 0.1) is 6.20 Å². The second kappa shape index (κ2) is 5.43. The minimum absolute atomic E-state index is 0.286. The lowest BCUT2D eigenvalue weighted by atomic mass is 10.2. The van der Waals surface area contributed by atoms with Gasteiger partial charge in [0.15, 0.2) is 11.7 Å². The molecule has 0 radical (unpaired) electrons. The number of aromatic nitrogens is 1. The molecule has 0 bridgehead atoms. The summed E-state index contributed by atoms with van der Waals surface area (Å²) in [7, 11) is 0. The van der Waals surface area contributed by atoms with Crippen molar-refractivity contribution >= 4 is 15.9 Å². The molecule has 0 spiro atoms. The summed E-state index contributed by atoms with van der Waals surface area (Å²) in [5, 5.41) is 3.41. The van der Waals surface area contributed by atoms with Gasteiger partial charge in [0, 0.05) is 29.0 Å². The molecule has 0 unspecified atom stereocenters. The molecular weight excluding hydrogens is 311 g/mol. The highest BCUT2D eigenvalue weighted by molar-refractivity contribution is 9.10. The maximum Gasteiger partial charge on any atom is 0.196 e. The number of hydrogen-bond acceptors (Lipinski definition) is 3. The molecule has 0 atom stereocenters. The third-order valence-corrected chi connectivity index (χ3v) is 3.79. The quantitative estimate of drug-likeness (QED) is 0.914.